The van der Waals surface area contributed by atoms with Crippen molar-refractivity contribution < 1.29 is 9.90 Å². The van der Waals surface area contributed by atoms with E-state index in [1.165, 1.54) is 5.56 Å². The minimum atomic E-state index is 0.0279. The number of benzene rings is 2. The van der Waals surface area contributed by atoms with E-state index in [0.29, 0.717) is 17.6 Å². The monoisotopic (exact) mass is 466 g/mol. The third kappa shape index (κ3) is 3.43. The summed E-state index contributed by atoms with van der Waals surface area (Å²) in [5.74, 6) is 1.74. The zero-order valence-corrected chi connectivity index (χ0v) is 18.7. The lowest BCUT2D eigenvalue weighted by atomic mass is 9.76. The molecule has 1 amide bonds. The smallest absolute Gasteiger partial charge is 0.253 e. The summed E-state index contributed by atoms with van der Waals surface area (Å²) in [6, 6.07) is 11.7. The molecule has 2 N–H and O–H groups in total. The number of fused-ring (bicyclic) bond motifs is 3. The highest BCUT2D eigenvalue weighted by molar-refractivity contribution is 9.10. The van der Waals surface area contributed by atoms with Gasteiger partial charge in [0.2, 0.25) is 0 Å². The van der Waals surface area contributed by atoms with Gasteiger partial charge in [0.1, 0.15) is 5.75 Å². The summed E-state index contributed by atoms with van der Waals surface area (Å²) in [5, 5.41) is 14.2. The molecular formula is C25H27BrN2O2. The van der Waals surface area contributed by atoms with Crippen molar-refractivity contribution in [1.29, 1.82) is 0 Å². The Kier molecular flexibility index (Phi) is 5.10. The van der Waals surface area contributed by atoms with Crippen molar-refractivity contribution in [3.8, 4) is 5.75 Å². The van der Waals surface area contributed by atoms with Gasteiger partial charge in [0.15, 0.2) is 0 Å². The number of phenolic OH excluding ortho intramolecular Hbond substituents is 1. The zero-order chi connectivity index (χ0) is 20.8. The largest absolute Gasteiger partial charge is 0.508 e. The van der Waals surface area contributed by atoms with E-state index in [0.717, 1.165) is 53.6 Å². The molecule has 2 aliphatic heterocycles. The molecule has 3 aliphatic rings. The van der Waals surface area contributed by atoms with Crippen LogP contribution in [0.3, 0.4) is 0 Å². The number of hydrogen-bond acceptors (Lipinski definition) is 3. The van der Waals surface area contributed by atoms with Gasteiger partial charge in [-0.2, -0.15) is 0 Å². The fraction of sp³-hybridized carbons (Fsp3) is 0.400. The molecule has 0 bridgehead atoms. The number of halogens is 1. The average Bonchev–Trinajstić information content (AvgIpc) is 3.25. The molecule has 1 saturated heterocycles. The molecule has 2 aromatic rings. The van der Waals surface area contributed by atoms with E-state index in [1.807, 2.05) is 29.2 Å². The Labute approximate surface area is 186 Å². The first kappa shape index (κ1) is 19.7. The van der Waals surface area contributed by atoms with Crippen LogP contribution >= 0.6 is 15.9 Å². The second-order valence-corrected chi connectivity index (χ2v) is 9.87. The first-order valence-electron chi connectivity index (χ1n) is 10.9. The van der Waals surface area contributed by atoms with Gasteiger partial charge >= 0.3 is 0 Å². The summed E-state index contributed by atoms with van der Waals surface area (Å²) in [6.07, 6.45) is 7.63. The van der Waals surface area contributed by atoms with Crippen molar-refractivity contribution in [2.45, 2.75) is 38.1 Å². The van der Waals surface area contributed by atoms with Gasteiger partial charge in [0.05, 0.1) is 6.04 Å². The van der Waals surface area contributed by atoms with Crippen molar-refractivity contribution >= 4 is 27.5 Å². The SMILES string of the molecule is CC1CCN(C(=O)c2ccc3c(c2)C2C=CCC2C(c2cc(Br)ccc2O)N3)CC1. The number of phenols is 1. The first-order chi connectivity index (χ1) is 14.5. The maximum atomic E-state index is 13.1. The molecule has 30 heavy (non-hydrogen) atoms. The standard InChI is InChI=1S/C25H27BrN2O2/c1-15-9-11-28(12-10-15)25(30)16-5-7-22-20(13-16)18-3-2-4-19(18)24(27-22)21-14-17(26)6-8-23(21)29/h2-3,5-8,13-15,18-19,24,27,29H,4,9-12H2,1H3. The maximum absolute atomic E-state index is 13.1. The number of rotatable bonds is 2. The summed E-state index contributed by atoms with van der Waals surface area (Å²) in [4.78, 5) is 15.1. The molecule has 3 atom stereocenters. The second kappa shape index (κ2) is 7.77. The third-order valence-corrected chi connectivity index (χ3v) is 7.50. The summed E-state index contributed by atoms with van der Waals surface area (Å²) < 4.78 is 0.960. The molecule has 1 fully saturated rings. The van der Waals surface area contributed by atoms with Gasteiger partial charge in [0, 0.05) is 40.3 Å². The molecule has 4 nitrogen and oxygen atoms in total. The van der Waals surface area contributed by atoms with Crippen LogP contribution in [0.2, 0.25) is 0 Å². The van der Waals surface area contributed by atoms with Gasteiger partial charge in [-0.25, -0.2) is 0 Å². The summed E-state index contributed by atoms with van der Waals surface area (Å²) >= 11 is 3.54. The van der Waals surface area contributed by atoms with Gasteiger partial charge in [-0.15, -0.1) is 0 Å². The van der Waals surface area contributed by atoms with Gasteiger partial charge in [-0.1, -0.05) is 35.0 Å². The third-order valence-electron chi connectivity index (χ3n) is 7.01. The number of hydrogen-bond donors (Lipinski definition) is 2. The number of carbonyl (C=O) groups is 1. The molecule has 2 heterocycles. The Balaban J connectivity index is 1.47. The molecule has 0 spiro atoms. The summed E-state index contributed by atoms with van der Waals surface area (Å²) in [6.45, 7) is 3.97. The predicted octanol–water partition coefficient (Wildman–Crippen LogP) is 5.85. The number of allylic oxidation sites excluding steroid dienone is 2. The van der Waals surface area contributed by atoms with E-state index in [2.05, 4.69) is 46.4 Å². The lowest BCUT2D eigenvalue weighted by molar-refractivity contribution is 0.0697. The molecule has 0 aromatic heterocycles. The zero-order valence-electron chi connectivity index (χ0n) is 17.1. The highest BCUT2D eigenvalue weighted by Crippen LogP contribution is 2.51. The van der Waals surface area contributed by atoms with Crippen LogP contribution in [-0.4, -0.2) is 29.0 Å². The van der Waals surface area contributed by atoms with Crippen molar-refractivity contribution in [1.82, 2.24) is 4.90 Å². The number of carbonyl (C=O) groups excluding carboxylic acids is 1. The van der Waals surface area contributed by atoms with Crippen LogP contribution in [0.5, 0.6) is 5.75 Å². The lowest BCUT2D eigenvalue weighted by Gasteiger charge is -2.38. The Hall–Kier alpha value is -2.27. The molecule has 3 unspecified atom stereocenters. The number of likely N-dealkylation sites (tertiary alicyclic amines) is 1. The molecule has 5 rings (SSSR count). The van der Waals surface area contributed by atoms with E-state index in [1.54, 1.807) is 6.07 Å². The van der Waals surface area contributed by atoms with Crippen molar-refractivity contribution in [2.24, 2.45) is 11.8 Å². The number of anilines is 1. The van der Waals surface area contributed by atoms with E-state index >= 15 is 0 Å². The molecule has 2 aromatic carbocycles. The van der Waals surface area contributed by atoms with Crippen LogP contribution in [0.15, 0.2) is 53.0 Å². The Bertz CT molecular complexity index is 1010. The summed E-state index contributed by atoms with van der Waals surface area (Å²) in [7, 11) is 0. The molecule has 156 valence electrons. The molecule has 0 saturated carbocycles. The van der Waals surface area contributed by atoms with Crippen LogP contribution in [0.25, 0.3) is 0 Å². The fourth-order valence-corrected chi connectivity index (χ4v) is 5.58. The molecular weight excluding hydrogens is 440 g/mol. The highest BCUT2D eigenvalue weighted by atomic mass is 79.9. The Morgan fingerprint density at radius 2 is 1.93 bits per heavy atom. The topological polar surface area (TPSA) is 52.6 Å². The van der Waals surface area contributed by atoms with E-state index in [9.17, 15) is 9.90 Å². The quantitative estimate of drug-likeness (QED) is 0.545. The van der Waals surface area contributed by atoms with Crippen molar-refractivity contribution in [2.75, 3.05) is 18.4 Å². The molecule has 0 radical (unpaired) electrons. The predicted molar refractivity (Wildman–Crippen MR) is 123 cm³/mol. The molecule has 5 heteroatoms. The highest BCUT2D eigenvalue weighted by Gasteiger charge is 2.39. The van der Waals surface area contributed by atoms with Crippen LogP contribution in [0, 0.1) is 11.8 Å². The van der Waals surface area contributed by atoms with E-state index in [4.69, 9.17) is 0 Å². The maximum Gasteiger partial charge on any atom is 0.253 e. The summed E-state index contributed by atoms with van der Waals surface area (Å²) in [5.41, 5.74) is 3.94. The van der Waals surface area contributed by atoms with Crippen molar-refractivity contribution in [3.63, 3.8) is 0 Å². The second-order valence-electron chi connectivity index (χ2n) is 8.96. The number of aromatic hydroxyl groups is 1. The van der Waals surface area contributed by atoms with Gasteiger partial charge in [0.25, 0.3) is 5.91 Å². The number of amides is 1. The first-order valence-corrected chi connectivity index (χ1v) is 11.7. The van der Waals surface area contributed by atoms with Crippen LogP contribution in [-0.2, 0) is 0 Å². The fourth-order valence-electron chi connectivity index (χ4n) is 5.20. The Morgan fingerprint density at radius 1 is 1.13 bits per heavy atom. The number of nitrogens with zero attached hydrogens (tertiary/aromatic N) is 1. The number of nitrogens with one attached hydrogen (secondary N) is 1. The van der Waals surface area contributed by atoms with Gasteiger partial charge in [-0.05, 0) is 73.1 Å². The van der Waals surface area contributed by atoms with Crippen LogP contribution < -0.4 is 5.32 Å². The van der Waals surface area contributed by atoms with Crippen LogP contribution in [0.4, 0.5) is 5.69 Å². The minimum Gasteiger partial charge on any atom is -0.508 e. The van der Waals surface area contributed by atoms with Gasteiger partial charge < -0.3 is 15.3 Å². The Morgan fingerprint density at radius 3 is 2.73 bits per heavy atom. The van der Waals surface area contributed by atoms with Gasteiger partial charge in [-0.3, -0.25) is 4.79 Å². The van der Waals surface area contributed by atoms with Crippen LogP contribution in [0.1, 0.15) is 59.6 Å². The van der Waals surface area contributed by atoms with E-state index in [-0.39, 0.29) is 17.9 Å². The normalized spacial score (nSPS) is 25.5. The minimum absolute atomic E-state index is 0.0279. The number of piperidine rings is 1. The van der Waals surface area contributed by atoms with E-state index < -0.39 is 0 Å². The average molecular weight is 467 g/mol. The lowest BCUT2D eigenvalue weighted by Crippen LogP contribution is -2.38. The molecule has 1 aliphatic carbocycles. The van der Waals surface area contributed by atoms with Crippen molar-refractivity contribution in [3.05, 3.63) is 69.7 Å².